The Hall–Kier alpha value is 2.59. The van der Waals surface area contributed by atoms with Crippen molar-refractivity contribution in [3.8, 4) is 0 Å². The smallest absolute Gasteiger partial charge is 0 e. The van der Waals surface area contributed by atoms with Crippen molar-refractivity contribution >= 4 is 37.7 Å². The summed E-state index contributed by atoms with van der Waals surface area (Å²) in [5.74, 6) is 0. The summed E-state index contributed by atoms with van der Waals surface area (Å²) in [5, 5.41) is 0. The van der Waals surface area contributed by atoms with Crippen LogP contribution in [0.25, 0.3) is 0 Å². The van der Waals surface area contributed by atoms with Gasteiger partial charge < -0.3 is 0 Å². The second-order valence-corrected chi connectivity index (χ2v) is 18.6. The number of halogens is 4. The first-order chi connectivity index (χ1) is 2.00. The molecule has 0 rings (SSSR count). The van der Waals surface area contributed by atoms with Gasteiger partial charge in [-0.1, -0.05) is 0 Å². The predicted octanol–water partition coefficient (Wildman–Crippen LogP) is 2.75. The van der Waals surface area contributed by atoms with Crippen LogP contribution in [-0.2, 0) is 34.3 Å². The van der Waals surface area contributed by atoms with E-state index in [4.69, 9.17) is 37.7 Å². The molecule has 0 spiro atoms. The molecule has 0 atom stereocenters. The fraction of sp³-hybridized carbons (Fsp3) is 0. The predicted molar refractivity (Wildman–Crippen MR) is 23.4 cm³/mol. The minimum atomic E-state index is -3.13. The molecule has 0 aliphatic carbocycles. The van der Waals surface area contributed by atoms with Crippen LogP contribution >= 0.6 is 37.7 Å². The van der Waals surface area contributed by atoms with E-state index in [1.165, 1.54) is 0 Å². The first-order valence-electron chi connectivity index (χ1n) is 0.617. The maximum absolute atomic E-state index is 5.02. The molecule has 0 bridgehead atoms. The van der Waals surface area contributed by atoms with Gasteiger partial charge in [-0.15, -0.1) is 0 Å². The van der Waals surface area contributed by atoms with Crippen molar-refractivity contribution < 1.29 is 34.3 Å². The third-order valence-corrected chi connectivity index (χ3v) is 0. The fourth-order valence-electron chi connectivity index (χ4n) is 0. The molecular weight excluding hydrogens is 419 g/mol. The Morgan fingerprint density at radius 3 is 0.833 bits per heavy atom. The van der Waals surface area contributed by atoms with E-state index < -0.39 is 11.9 Å². The van der Waals surface area contributed by atoms with E-state index in [2.05, 4.69) is 0 Å². The summed E-state index contributed by atoms with van der Waals surface area (Å²) < 4.78 is 0. The second kappa shape index (κ2) is 4.47. The number of rotatable bonds is 0. The molecule has 0 aromatic heterocycles. The number of hydrogen-bond donors (Lipinski definition) is 0. The Balaban J connectivity index is 0. The van der Waals surface area contributed by atoms with Crippen molar-refractivity contribution in [1.82, 2.24) is 0 Å². The van der Waals surface area contributed by atoms with E-state index in [0.717, 1.165) is 0 Å². The van der Waals surface area contributed by atoms with Gasteiger partial charge >= 0.3 is 49.6 Å². The van der Waals surface area contributed by atoms with Crippen LogP contribution in [0.3, 0.4) is 0 Å². The minimum absolute atomic E-state index is 0. The summed E-state index contributed by atoms with van der Waals surface area (Å²) in [6.07, 6.45) is 0. The zero-order valence-electron chi connectivity index (χ0n) is 2.37. The number of hydrogen-bond acceptors (Lipinski definition) is 0. The van der Waals surface area contributed by atoms with E-state index in [0.29, 0.717) is 0 Å². The summed E-state index contributed by atoms with van der Waals surface area (Å²) in [6.45, 7) is 0. The molecule has 0 aliphatic heterocycles. The maximum atomic E-state index is 5.02. The van der Waals surface area contributed by atoms with E-state index >= 15 is 0 Å². The summed E-state index contributed by atoms with van der Waals surface area (Å²) in [7, 11) is 20.1. The van der Waals surface area contributed by atoms with Crippen molar-refractivity contribution in [3.05, 3.63) is 0 Å². The SMILES string of the molecule is [Cl][Mo]([Cl])([Cl])[Cl].[Ta]. The van der Waals surface area contributed by atoms with Crippen molar-refractivity contribution in [2.24, 2.45) is 0 Å². The van der Waals surface area contributed by atoms with Gasteiger partial charge in [0.15, 0.2) is 0 Å². The molecule has 0 aromatic carbocycles. The van der Waals surface area contributed by atoms with Gasteiger partial charge in [0.05, 0.1) is 0 Å². The van der Waals surface area contributed by atoms with Crippen LogP contribution < -0.4 is 0 Å². The third-order valence-electron chi connectivity index (χ3n) is 0. The standard InChI is InChI=1S/4ClH.Mo.Ta/h4*1H;;/q;;;;+4;/p-4. The normalized spacial score (nSPS) is 12.7. The van der Waals surface area contributed by atoms with Gasteiger partial charge in [-0.2, -0.15) is 0 Å². The van der Waals surface area contributed by atoms with E-state index in [1.807, 2.05) is 0 Å². The van der Waals surface area contributed by atoms with Crippen LogP contribution in [0.4, 0.5) is 0 Å². The fourth-order valence-corrected chi connectivity index (χ4v) is 0. The average Bonchev–Trinajstić information content (AvgIpc) is 0.722. The van der Waals surface area contributed by atoms with Gasteiger partial charge in [-0.05, 0) is 0 Å². The third kappa shape index (κ3) is 30.7. The second-order valence-electron chi connectivity index (χ2n) is 0.350. The van der Waals surface area contributed by atoms with E-state index in [-0.39, 0.29) is 22.4 Å². The largest absolute Gasteiger partial charge is 0 e. The van der Waals surface area contributed by atoms with Gasteiger partial charge in [0.1, 0.15) is 0 Å². The molecule has 0 saturated carbocycles. The van der Waals surface area contributed by atoms with Crippen LogP contribution in [0.2, 0.25) is 0 Å². The first kappa shape index (κ1) is 11.4. The van der Waals surface area contributed by atoms with Crippen molar-refractivity contribution in [1.29, 1.82) is 0 Å². The molecule has 0 saturated heterocycles. The summed E-state index contributed by atoms with van der Waals surface area (Å²) >= 11 is -3.13. The Bertz CT molecular complexity index is 23.0. The van der Waals surface area contributed by atoms with Crippen molar-refractivity contribution in [3.63, 3.8) is 0 Å². The Morgan fingerprint density at radius 1 is 0.833 bits per heavy atom. The zero-order valence-corrected chi connectivity index (χ0v) is 10.6. The van der Waals surface area contributed by atoms with Gasteiger partial charge in [-0.25, -0.2) is 0 Å². The monoisotopic (exact) mass is 419 g/mol. The van der Waals surface area contributed by atoms with Crippen LogP contribution in [0, 0.1) is 0 Å². The van der Waals surface area contributed by atoms with Gasteiger partial charge in [0.2, 0.25) is 0 Å². The minimum Gasteiger partial charge on any atom is 0 e. The van der Waals surface area contributed by atoms with Crippen LogP contribution in [0.1, 0.15) is 0 Å². The van der Waals surface area contributed by atoms with Crippen LogP contribution in [-0.4, -0.2) is 0 Å². The molecule has 0 amide bonds. The topological polar surface area (TPSA) is 0 Å². The molecule has 6 heteroatoms. The summed E-state index contributed by atoms with van der Waals surface area (Å²) in [5.41, 5.74) is 0. The van der Waals surface area contributed by atoms with E-state index in [9.17, 15) is 0 Å². The van der Waals surface area contributed by atoms with Crippen LogP contribution in [0.5, 0.6) is 0 Å². The molecular formula is Cl4MoTa. The molecule has 0 heterocycles. The molecule has 1 radical (unpaired) electrons. The quantitative estimate of drug-likeness (QED) is 0.531. The van der Waals surface area contributed by atoms with E-state index in [1.54, 1.807) is 0 Å². The molecule has 39 valence electrons. The molecule has 6 heavy (non-hydrogen) atoms. The van der Waals surface area contributed by atoms with Gasteiger partial charge in [0.25, 0.3) is 0 Å². The van der Waals surface area contributed by atoms with Gasteiger partial charge in [0, 0.05) is 22.4 Å². The molecule has 0 fully saturated rings. The average molecular weight is 419 g/mol. The molecule has 0 aliphatic rings. The van der Waals surface area contributed by atoms with Crippen molar-refractivity contribution in [2.75, 3.05) is 0 Å². The molecule has 0 unspecified atom stereocenters. The first-order valence-corrected chi connectivity index (χ1v) is 11.0. The molecule has 0 N–H and O–H groups in total. The zero-order chi connectivity index (χ0) is 4.50. The molecule has 0 nitrogen and oxygen atoms in total. The summed E-state index contributed by atoms with van der Waals surface area (Å²) in [6, 6.07) is 0. The van der Waals surface area contributed by atoms with Gasteiger partial charge in [-0.3, -0.25) is 0 Å². The Kier molecular flexibility index (Phi) is 8.48. The van der Waals surface area contributed by atoms with Crippen molar-refractivity contribution in [2.45, 2.75) is 0 Å². The van der Waals surface area contributed by atoms with Crippen LogP contribution in [0.15, 0.2) is 0 Å². The summed E-state index contributed by atoms with van der Waals surface area (Å²) in [4.78, 5) is 0. The Morgan fingerprint density at radius 2 is 0.833 bits per heavy atom. The maximum Gasteiger partial charge on any atom is 0 e. The Labute approximate surface area is 70.9 Å². The molecule has 0 aromatic rings.